The monoisotopic (exact) mass is 322 g/mol. The summed E-state index contributed by atoms with van der Waals surface area (Å²) in [5.41, 5.74) is 3.01. The molecular weight excluding hydrogens is 307 g/mol. The van der Waals surface area contributed by atoms with Gasteiger partial charge in [0.05, 0.1) is 17.6 Å². The molecule has 0 aliphatic rings. The number of hydrogen-bond acceptors (Lipinski definition) is 2. The van der Waals surface area contributed by atoms with E-state index in [1.54, 1.807) is 23.5 Å². The summed E-state index contributed by atoms with van der Waals surface area (Å²) >= 11 is 7.62. The number of imidazole rings is 1. The van der Waals surface area contributed by atoms with Crippen molar-refractivity contribution in [1.29, 1.82) is 0 Å². The van der Waals surface area contributed by atoms with E-state index in [1.807, 2.05) is 0 Å². The Morgan fingerprint density at radius 3 is 2.95 bits per heavy atom. The maximum Gasteiger partial charge on any atom is 0.125 e. The van der Waals surface area contributed by atoms with Crippen LogP contribution in [0.3, 0.4) is 0 Å². The third-order valence-electron chi connectivity index (χ3n) is 3.63. The molecule has 0 unspecified atom stereocenters. The van der Waals surface area contributed by atoms with Crippen LogP contribution in [0.2, 0.25) is 0 Å². The van der Waals surface area contributed by atoms with Gasteiger partial charge >= 0.3 is 0 Å². The lowest BCUT2D eigenvalue weighted by Gasteiger charge is -2.09. The highest BCUT2D eigenvalue weighted by Crippen LogP contribution is 2.24. The normalized spacial score (nSPS) is 11.4. The molecule has 110 valence electrons. The highest BCUT2D eigenvalue weighted by Gasteiger charge is 2.13. The van der Waals surface area contributed by atoms with Gasteiger partial charge in [-0.15, -0.1) is 22.9 Å². The molecule has 0 aliphatic heterocycles. The fourth-order valence-corrected chi connectivity index (χ4v) is 3.69. The number of halogens is 2. The molecule has 0 fully saturated rings. The molecule has 0 atom stereocenters. The van der Waals surface area contributed by atoms with Gasteiger partial charge in [-0.05, 0) is 41.6 Å². The van der Waals surface area contributed by atoms with E-state index in [2.05, 4.69) is 27.9 Å². The highest BCUT2D eigenvalue weighted by molar-refractivity contribution is 7.10. The van der Waals surface area contributed by atoms with Gasteiger partial charge in [-0.2, -0.15) is 0 Å². The predicted octanol–water partition coefficient (Wildman–Crippen LogP) is 4.63. The molecule has 0 amide bonds. The first-order chi connectivity index (χ1) is 10.2. The van der Waals surface area contributed by atoms with Crippen molar-refractivity contribution in [3.05, 3.63) is 51.7 Å². The molecular formula is C16H16ClFN2S. The van der Waals surface area contributed by atoms with E-state index in [0.29, 0.717) is 12.3 Å². The lowest BCUT2D eigenvalue weighted by molar-refractivity contribution is 0.628. The minimum absolute atomic E-state index is 0.233. The Morgan fingerprint density at radius 2 is 2.19 bits per heavy atom. The van der Waals surface area contributed by atoms with Gasteiger partial charge in [0.15, 0.2) is 0 Å². The number of nitrogens with zero attached hydrogens (tertiary/aromatic N) is 2. The van der Waals surface area contributed by atoms with Crippen molar-refractivity contribution in [3.63, 3.8) is 0 Å². The molecule has 3 rings (SSSR count). The Morgan fingerprint density at radius 1 is 1.33 bits per heavy atom. The second-order valence-electron chi connectivity index (χ2n) is 4.91. The molecule has 0 aliphatic carbocycles. The van der Waals surface area contributed by atoms with E-state index in [-0.39, 0.29) is 5.82 Å². The first-order valence-electron chi connectivity index (χ1n) is 6.98. The molecule has 2 aromatic heterocycles. The van der Waals surface area contributed by atoms with Crippen molar-refractivity contribution >= 4 is 34.0 Å². The van der Waals surface area contributed by atoms with Crippen molar-refractivity contribution in [2.24, 2.45) is 0 Å². The zero-order valence-corrected chi connectivity index (χ0v) is 13.3. The first kappa shape index (κ1) is 14.5. The predicted molar refractivity (Wildman–Crippen MR) is 86.9 cm³/mol. The number of hydrogen-bond donors (Lipinski definition) is 0. The van der Waals surface area contributed by atoms with Crippen LogP contribution in [-0.4, -0.2) is 15.4 Å². The zero-order valence-electron chi connectivity index (χ0n) is 11.8. The van der Waals surface area contributed by atoms with E-state index in [0.717, 1.165) is 29.8 Å². The molecule has 0 spiro atoms. The lowest BCUT2D eigenvalue weighted by Crippen LogP contribution is -2.06. The SMILES string of the molecule is CCc1ccsc1Cn1c(CCCl)nc2ccc(F)cc21. The van der Waals surface area contributed by atoms with Gasteiger partial charge < -0.3 is 4.57 Å². The Kier molecular flexibility index (Phi) is 4.27. The summed E-state index contributed by atoms with van der Waals surface area (Å²) in [4.78, 5) is 5.90. The molecule has 5 heteroatoms. The smallest absolute Gasteiger partial charge is 0.125 e. The maximum absolute atomic E-state index is 13.6. The molecule has 0 saturated carbocycles. The van der Waals surface area contributed by atoms with E-state index in [1.165, 1.54) is 16.5 Å². The van der Waals surface area contributed by atoms with Crippen LogP contribution in [-0.2, 0) is 19.4 Å². The van der Waals surface area contributed by atoms with E-state index in [9.17, 15) is 4.39 Å². The quantitative estimate of drug-likeness (QED) is 0.626. The van der Waals surface area contributed by atoms with Gasteiger partial charge in [0.25, 0.3) is 0 Å². The highest BCUT2D eigenvalue weighted by atomic mass is 35.5. The molecule has 2 nitrogen and oxygen atoms in total. The summed E-state index contributed by atoms with van der Waals surface area (Å²) in [6.45, 7) is 2.88. The van der Waals surface area contributed by atoms with Gasteiger partial charge in [-0.1, -0.05) is 6.92 Å². The Bertz CT molecular complexity index is 763. The molecule has 1 aromatic carbocycles. The second-order valence-corrected chi connectivity index (χ2v) is 6.29. The van der Waals surface area contributed by atoms with Crippen molar-refractivity contribution in [2.75, 3.05) is 5.88 Å². The maximum atomic E-state index is 13.6. The number of rotatable bonds is 5. The molecule has 21 heavy (non-hydrogen) atoms. The fraction of sp³-hybridized carbons (Fsp3) is 0.312. The number of alkyl halides is 1. The van der Waals surface area contributed by atoms with Crippen LogP contribution in [0.1, 0.15) is 23.2 Å². The van der Waals surface area contributed by atoms with Crippen molar-refractivity contribution in [1.82, 2.24) is 9.55 Å². The molecule has 3 aromatic rings. The summed E-state index contributed by atoms with van der Waals surface area (Å²) in [6.07, 6.45) is 1.69. The third-order valence-corrected chi connectivity index (χ3v) is 4.76. The van der Waals surface area contributed by atoms with E-state index >= 15 is 0 Å². The largest absolute Gasteiger partial charge is 0.323 e. The number of aromatic nitrogens is 2. The van der Waals surface area contributed by atoms with Crippen LogP contribution in [0.5, 0.6) is 0 Å². The zero-order chi connectivity index (χ0) is 14.8. The van der Waals surface area contributed by atoms with Crippen LogP contribution in [0.15, 0.2) is 29.6 Å². The van der Waals surface area contributed by atoms with Crippen LogP contribution >= 0.6 is 22.9 Å². The number of aryl methyl sites for hydroxylation is 2. The summed E-state index contributed by atoms with van der Waals surface area (Å²) in [5, 5.41) is 2.11. The first-order valence-corrected chi connectivity index (χ1v) is 8.40. The number of benzene rings is 1. The van der Waals surface area contributed by atoms with Crippen LogP contribution in [0.4, 0.5) is 4.39 Å². The summed E-state index contributed by atoms with van der Waals surface area (Å²) in [7, 11) is 0. The third kappa shape index (κ3) is 2.83. The fourth-order valence-electron chi connectivity index (χ4n) is 2.56. The summed E-state index contributed by atoms with van der Waals surface area (Å²) in [6, 6.07) is 6.89. The van der Waals surface area contributed by atoms with Gasteiger partial charge in [0.2, 0.25) is 0 Å². The number of thiophene rings is 1. The van der Waals surface area contributed by atoms with Crippen LogP contribution in [0.25, 0.3) is 11.0 Å². The van der Waals surface area contributed by atoms with E-state index in [4.69, 9.17) is 11.6 Å². The number of fused-ring (bicyclic) bond motifs is 1. The molecule has 0 radical (unpaired) electrons. The van der Waals surface area contributed by atoms with Crippen molar-refractivity contribution < 1.29 is 4.39 Å². The Balaban J connectivity index is 2.10. The molecule has 0 saturated heterocycles. The van der Waals surface area contributed by atoms with Crippen LogP contribution in [0, 0.1) is 5.82 Å². The molecule has 0 bridgehead atoms. The topological polar surface area (TPSA) is 17.8 Å². The lowest BCUT2D eigenvalue weighted by atomic mass is 10.2. The average Bonchev–Trinajstić information content (AvgIpc) is 3.05. The Hall–Kier alpha value is -1.39. The summed E-state index contributed by atoms with van der Waals surface area (Å²) < 4.78 is 15.7. The van der Waals surface area contributed by atoms with Crippen molar-refractivity contribution in [2.45, 2.75) is 26.3 Å². The van der Waals surface area contributed by atoms with Gasteiger partial charge in [0.1, 0.15) is 11.6 Å². The van der Waals surface area contributed by atoms with Crippen LogP contribution < -0.4 is 0 Å². The van der Waals surface area contributed by atoms with Crippen molar-refractivity contribution in [3.8, 4) is 0 Å². The van der Waals surface area contributed by atoms with Gasteiger partial charge in [-0.25, -0.2) is 9.37 Å². The molecule has 2 heterocycles. The Labute approximate surface area is 132 Å². The second kappa shape index (κ2) is 6.16. The minimum atomic E-state index is -0.233. The minimum Gasteiger partial charge on any atom is -0.323 e. The van der Waals surface area contributed by atoms with E-state index < -0.39 is 0 Å². The molecule has 0 N–H and O–H groups in total. The van der Waals surface area contributed by atoms with Gasteiger partial charge in [0, 0.05) is 17.2 Å². The summed E-state index contributed by atoms with van der Waals surface area (Å²) in [5.74, 6) is 1.20. The standard InChI is InChI=1S/C16H16ClFN2S/c1-2-11-6-8-21-15(11)10-20-14-9-12(18)3-4-13(14)19-16(20)5-7-17/h3-4,6,8-9H,2,5,7,10H2,1H3. The van der Waals surface area contributed by atoms with Gasteiger partial charge in [-0.3, -0.25) is 0 Å². The average molecular weight is 323 g/mol.